The third-order valence-corrected chi connectivity index (χ3v) is 3.71. The second-order valence-corrected chi connectivity index (χ2v) is 6.24. The van der Waals surface area contributed by atoms with Crippen molar-refractivity contribution in [1.82, 2.24) is 9.97 Å². The van der Waals surface area contributed by atoms with E-state index in [9.17, 15) is 0 Å². The summed E-state index contributed by atoms with van der Waals surface area (Å²) in [6.45, 7) is 9.05. The van der Waals surface area contributed by atoms with Gasteiger partial charge >= 0.3 is 0 Å². The summed E-state index contributed by atoms with van der Waals surface area (Å²) in [5.74, 6) is 1.44. The molecule has 3 nitrogen and oxygen atoms in total. The van der Waals surface area contributed by atoms with Crippen LogP contribution in [0.3, 0.4) is 0 Å². The van der Waals surface area contributed by atoms with E-state index in [4.69, 9.17) is 4.74 Å². The first-order valence-corrected chi connectivity index (χ1v) is 7.57. The maximum absolute atomic E-state index is 5.67. The molecular formula is C16H20N2OS. The minimum atomic E-state index is 0.535. The highest BCUT2D eigenvalue weighted by Crippen LogP contribution is 2.26. The highest BCUT2D eigenvalue weighted by Gasteiger charge is 2.03. The molecule has 2 aromatic rings. The van der Waals surface area contributed by atoms with Crippen LogP contribution < -0.4 is 4.74 Å². The van der Waals surface area contributed by atoms with Gasteiger partial charge in [-0.1, -0.05) is 13.8 Å². The first kappa shape index (κ1) is 14.9. The van der Waals surface area contributed by atoms with Gasteiger partial charge in [0.1, 0.15) is 5.75 Å². The topological polar surface area (TPSA) is 35.0 Å². The van der Waals surface area contributed by atoms with Crippen LogP contribution in [0.25, 0.3) is 0 Å². The second-order valence-electron chi connectivity index (χ2n) is 5.20. The third-order valence-electron chi connectivity index (χ3n) is 2.82. The van der Waals surface area contributed by atoms with Crippen molar-refractivity contribution in [2.75, 3.05) is 6.61 Å². The van der Waals surface area contributed by atoms with Crippen molar-refractivity contribution < 1.29 is 4.74 Å². The Hall–Kier alpha value is -1.55. The lowest BCUT2D eigenvalue weighted by Gasteiger charge is -2.09. The predicted molar refractivity (Wildman–Crippen MR) is 82.4 cm³/mol. The zero-order valence-electron chi connectivity index (χ0n) is 12.4. The Morgan fingerprint density at radius 2 is 1.85 bits per heavy atom. The van der Waals surface area contributed by atoms with E-state index in [1.807, 2.05) is 44.3 Å². The molecule has 0 bridgehead atoms. The zero-order valence-corrected chi connectivity index (χ0v) is 13.2. The summed E-state index contributed by atoms with van der Waals surface area (Å²) < 4.78 is 5.67. The molecule has 0 aliphatic heterocycles. The second kappa shape index (κ2) is 6.75. The van der Waals surface area contributed by atoms with E-state index in [1.165, 1.54) is 0 Å². The van der Waals surface area contributed by atoms with Crippen LogP contribution >= 0.6 is 11.8 Å². The fourth-order valence-electron chi connectivity index (χ4n) is 1.53. The lowest BCUT2D eigenvalue weighted by molar-refractivity contribution is 0.271. The van der Waals surface area contributed by atoms with E-state index >= 15 is 0 Å². The molecule has 1 aromatic heterocycles. The molecule has 0 aliphatic carbocycles. The Labute approximate surface area is 124 Å². The van der Waals surface area contributed by atoms with Crippen LogP contribution in [-0.4, -0.2) is 16.6 Å². The first-order valence-electron chi connectivity index (χ1n) is 6.75. The Kier molecular flexibility index (Phi) is 5.01. The van der Waals surface area contributed by atoms with Crippen molar-refractivity contribution in [2.45, 2.75) is 37.7 Å². The van der Waals surface area contributed by atoms with Crippen LogP contribution in [0.15, 0.2) is 40.5 Å². The molecule has 1 aromatic carbocycles. The number of rotatable bonds is 5. The average molecular weight is 288 g/mol. The average Bonchev–Trinajstić information content (AvgIpc) is 2.42. The van der Waals surface area contributed by atoms with Gasteiger partial charge in [0, 0.05) is 16.8 Å². The number of hydrogen-bond donors (Lipinski definition) is 0. The molecule has 20 heavy (non-hydrogen) atoms. The fourth-order valence-corrected chi connectivity index (χ4v) is 2.30. The van der Waals surface area contributed by atoms with Crippen molar-refractivity contribution >= 4 is 11.8 Å². The molecule has 0 atom stereocenters. The van der Waals surface area contributed by atoms with Gasteiger partial charge in [-0.25, -0.2) is 9.97 Å². The Bertz CT molecular complexity index is 567. The minimum Gasteiger partial charge on any atom is -0.493 e. The van der Waals surface area contributed by atoms with E-state index in [1.54, 1.807) is 11.8 Å². The van der Waals surface area contributed by atoms with E-state index in [0.717, 1.165) is 33.7 Å². The van der Waals surface area contributed by atoms with Gasteiger partial charge in [0.15, 0.2) is 5.16 Å². The Morgan fingerprint density at radius 1 is 1.15 bits per heavy atom. The van der Waals surface area contributed by atoms with Crippen LogP contribution in [0.2, 0.25) is 0 Å². The molecular weight excluding hydrogens is 268 g/mol. The molecule has 0 fully saturated rings. The van der Waals surface area contributed by atoms with Crippen molar-refractivity contribution in [2.24, 2.45) is 5.92 Å². The fraction of sp³-hybridized carbons (Fsp3) is 0.375. The van der Waals surface area contributed by atoms with Gasteiger partial charge in [-0.3, -0.25) is 0 Å². The molecule has 0 saturated carbocycles. The molecule has 0 spiro atoms. The molecule has 106 valence electrons. The Morgan fingerprint density at radius 3 is 2.45 bits per heavy atom. The summed E-state index contributed by atoms with van der Waals surface area (Å²) in [4.78, 5) is 9.92. The maximum Gasteiger partial charge on any atom is 0.192 e. The van der Waals surface area contributed by atoms with Crippen molar-refractivity contribution in [3.05, 3.63) is 41.7 Å². The molecule has 0 radical (unpaired) electrons. The molecule has 0 aliphatic rings. The molecule has 0 N–H and O–H groups in total. The molecule has 0 unspecified atom stereocenters. The number of ether oxygens (including phenoxy) is 1. The number of benzene rings is 1. The first-order chi connectivity index (χ1) is 9.54. The quantitative estimate of drug-likeness (QED) is 0.769. The van der Waals surface area contributed by atoms with Crippen LogP contribution in [-0.2, 0) is 0 Å². The number of aryl methyl sites for hydroxylation is 2. The highest BCUT2D eigenvalue weighted by atomic mass is 32.2. The summed E-state index contributed by atoms with van der Waals surface area (Å²) in [6, 6.07) is 8.06. The standard InChI is InChI=1S/C16H20N2OS/c1-11(2)10-19-14-5-7-15(8-6-14)20-16-17-9-12(3)13(4)18-16/h5-9,11H,10H2,1-4H3. The third kappa shape index (κ3) is 4.23. The molecule has 1 heterocycles. The van der Waals surface area contributed by atoms with Gasteiger partial charge < -0.3 is 4.74 Å². The maximum atomic E-state index is 5.67. The zero-order chi connectivity index (χ0) is 14.5. The summed E-state index contributed by atoms with van der Waals surface area (Å²) in [7, 11) is 0. The highest BCUT2D eigenvalue weighted by molar-refractivity contribution is 7.99. The van der Waals surface area contributed by atoms with E-state index < -0.39 is 0 Å². The van der Waals surface area contributed by atoms with Crippen LogP contribution in [0, 0.1) is 19.8 Å². The summed E-state index contributed by atoms with van der Waals surface area (Å²) in [5, 5.41) is 0.781. The lowest BCUT2D eigenvalue weighted by atomic mass is 10.2. The molecule has 0 saturated heterocycles. The number of aromatic nitrogens is 2. The van der Waals surface area contributed by atoms with Gasteiger partial charge in [0.05, 0.1) is 6.61 Å². The normalized spacial score (nSPS) is 10.8. The summed E-state index contributed by atoms with van der Waals surface area (Å²) in [6.07, 6.45) is 1.87. The summed E-state index contributed by atoms with van der Waals surface area (Å²) >= 11 is 1.57. The lowest BCUT2D eigenvalue weighted by Crippen LogP contribution is -2.04. The minimum absolute atomic E-state index is 0.535. The van der Waals surface area contributed by atoms with Gasteiger partial charge in [-0.15, -0.1) is 0 Å². The largest absolute Gasteiger partial charge is 0.493 e. The molecule has 0 amide bonds. The monoisotopic (exact) mass is 288 g/mol. The van der Waals surface area contributed by atoms with E-state index in [0.29, 0.717) is 5.92 Å². The van der Waals surface area contributed by atoms with Crippen molar-refractivity contribution in [3.63, 3.8) is 0 Å². The van der Waals surface area contributed by atoms with Gasteiger partial charge in [0.25, 0.3) is 0 Å². The number of hydrogen-bond acceptors (Lipinski definition) is 4. The smallest absolute Gasteiger partial charge is 0.192 e. The van der Waals surface area contributed by atoms with Crippen molar-refractivity contribution in [1.29, 1.82) is 0 Å². The van der Waals surface area contributed by atoms with Crippen LogP contribution in [0.1, 0.15) is 25.1 Å². The van der Waals surface area contributed by atoms with E-state index in [2.05, 4.69) is 23.8 Å². The van der Waals surface area contributed by atoms with Crippen LogP contribution in [0.4, 0.5) is 0 Å². The molecule has 4 heteroatoms. The van der Waals surface area contributed by atoms with Crippen molar-refractivity contribution in [3.8, 4) is 5.75 Å². The number of nitrogens with zero attached hydrogens (tertiary/aromatic N) is 2. The predicted octanol–water partition coefficient (Wildman–Crippen LogP) is 4.28. The van der Waals surface area contributed by atoms with Gasteiger partial charge in [0.2, 0.25) is 0 Å². The van der Waals surface area contributed by atoms with Gasteiger partial charge in [-0.05, 0) is 61.4 Å². The SMILES string of the molecule is Cc1cnc(Sc2ccc(OCC(C)C)cc2)nc1C. The summed E-state index contributed by atoms with van der Waals surface area (Å²) in [5.41, 5.74) is 2.14. The Balaban J connectivity index is 2.01. The van der Waals surface area contributed by atoms with Crippen LogP contribution in [0.5, 0.6) is 5.75 Å². The van der Waals surface area contributed by atoms with Gasteiger partial charge in [-0.2, -0.15) is 0 Å². The van der Waals surface area contributed by atoms with E-state index in [-0.39, 0.29) is 0 Å². The molecule has 2 rings (SSSR count).